The number of hydrogen-bond acceptors (Lipinski definition) is 5. The zero-order valence-electron chi connectivity index (χ0n) is 14.3. The highest BCUT2D eigenvalue weighted by molar-refractivity contribution is 5.90. The number of amides is 2. The predicted octanol–water partition coefficient (Wildman–Crippen LogP) is 3.26. The maximum Gasteiger partial charge on any atom is 0.322 e. The first-order valence-corrected chi connectivity index (χ1v) is 8.23. The summed E-state index contributed by atoms with van der Waals surface area (Å²) in [6, 6.07) is 9.00. The van der Waals surface area contributed by atoms with Gasteiger partial charge in [-0.3, -0.25) is 0 Å². The van der Waals surface area contributed by atoms with Crippen molar-refractivity contribution in [2.45, 2.75) is 20.4 Å². The molecular formula is C18H21N3O4. The van der Waals surface area contributed by atoms with Crippen LogP contribution in [0.4, 0.5) is 10.5 Å². The second-order valence-electron chi connectivity index (χ2n) is 5.42. The fourth-order valence-corrected chi connectivity index (χ4v) is 2.52. The highest BCUT2D eigenvalue weighted by atomic mass is 16.7. The van der Waals surface area contributed by atoms with Gasteiger partial charge in [-0.1, -0.05) is 6.07 Å². The maximum atomic E-state index is 12.6. The third kappa shape index (κ3) is 3.93. The van der Waals surface area contributed by atoms with Crippen LogP contribution in [0.2, 0.25) is 0 Å². The van der Waals surface area contributed by atoms with Crippen molar-refractivity contribution in [2.75, 3.05) is 25.3 Å². The summed E-state index contributed by atoms with van der Waals surface area (Å²) in [6.07, 6.45) is 1.63. The van der Waals surface area contributed by atoms with Crippen LogP contribution in [0, 0.1) is 0 Å². The first-order valence-electron chi connectivity index (χ1n) is 8.23. The number of nitrogens with one attached hydrogen (secondary N) is 1. The Morgan fingerprint density at radius 2 is 2.12 bits per heavy atom. The van der Waals surface area contributed by atoms with Gasteiger partial charge < -0.3 is 24.4 Å². The average Bonchev–Trinajstić information content (AvgIpc) is 3.09. The minimum absolute atomic E-state index is 0.214. The van der Waals surface area contributed by atoms with Crippen LogP contribution in [0.5, 0.6) is 17.4 Å². The first kappa shape index (κ1) is 16.9. The maximum absolute atomic E-state index is 12.6. The molecule has 1 aromatic carbocycles. The average molecular weight is 343 g/mol. The van der Waals surface area contributed by atoms with Gasteiger partial charge in [0.1, 0.15) is 5.69 Å². The van der Waals surface area contributed by atoms with Crippen molar-refractivity contribution in [1.29, 1.82) is 0 Å². The molecule has 0 saturated carbocycles. The number of aromatic nitrogens is 1. The molecule has 1 aliphatic heterocycles. The smallest absolute Gasteiger partial charge is 0.322 e. The van der Waals surface area contributed by atoms with Gasteiger partial charge in [-0.05, 0) is 43.7 Å². The fraction of sp³-hybridized carbons (Fsp3) is 0.333. The van der Waals surface area contributed by atoms with Gasteiger partial charge in [0, 0.05) is 19.3 Å². The van der Waals surface area contributed by atoms with Gasteiger partial charge in [-0.15, -0.1) is 0 Å². The molecule has 2 amide bonds. The van der Waals surface area contributed by atoms with E-state index in [2.05, 4.69) is 10.3 Å². The molecule has 0 saturated heterocycles. The Kier molecular flexibility index (Phi) is 5.23. The van der Waals surface area contributed by atoms with Crippen molar-refractivity contribution in [2.24, 2.45) is 0 Å². The summed E-state index contributed by atoms with van der Waals surface area (Å²) >= 11 is 0. The monoisotopic (exact) mass is 343 g/mol. The van der Waals surface area contributed by atoms with Crippen molar-refractivity contribution in [3.8, 4) is 17.4 Å². The number of hydrogen-bond donors (Lipinski definition) is 1. The van der Waals surface area contributed by atoms with Crippen molar-refractivity contribution in [3.63, 3.8) is 0 Å². The lowest BCUT2D eigenvalue weighted by molar-refractivity contribution is 0.174. The molecule has 0 spiro atoms. The van der Waals surface area contributed by atoms with Gasteiger partial charge in [-0.25, -0.2) is 9.78 Å². The summed E-state index contributed by atoms with van der Waals surface area (Å²) in [5, 5.41) is 2.86. The topological polar surface area (TPSA) is 72.9 Å². The van der Waals surface area contributed by atoms with Crippen LogP contribution in [-0.2, 0) is 6.54 Å². The molecule has 0 aliphatic carbocycles. The van der Waals surface area contributed by atoms with Crippen molar-refractivity contribution >= 4 is 11.7 Å². The molecule has 2 heterocycles. The quantitative estimate of drug-likeness (QED) is 0.871. The molecule has 0 fully saturated rings. The van der Waals surface area contributed by atoms with Gasteiger partial charge in [0.25, 0.3) is 0 Å². The Hall–Kier alpha value is -2.96. The summed E-state index contributed by atoms with van der Waals surface area (Å²) in [4.78, 5) is 18.5. The molecule has 7 heteroatoms. The SMILES string of the molecule is CCOc1ncccc1NC(=O)N(CC)Cc1ccc2c(c1)OCO2. The van der Waals surface area contributed by atoms with Crippen molar-refractivity contribution in [3.05, 3.63) is 42.1 Å². The van der Waals surface area contributed by atoms with Crippen LogP contribution in [0.3, 0.4) is 0 Å². The lowest BCUT2D eigenvalue weighted by Crippen LogP contribution is -2.34. The van der Waals surface area contributed by atoms with Gasteiger partial charge in [0.05, 0.1) is 6.61 Å². The van der Waals surface area contributed by atoms with E-state index in [9.17, 15) is 4.79 Å². The normalized spacial score (nSPS) is 11.9. The van der Waals surface area contributed by atoms with Crippen LogP contribution < -0.4 is 19.5 Å². The molecule has 1 aliphatic rings. The van der Waals surface area contributed by atoms with E-state index in [1.807, 2.05) is 32.0 Å². The van der Waals surface area contributed by atoms with Crippen molar-refractivity contribution in [1.82, 2.24) is 9.88 Å². The number of carbonyl (C=O) groups excluding carboxylic acids is 1. The van der Waals surface area contributed by atoms with Crippen LogP contribution in [0.15, 0.2) is 36.5 Å². The molecule has 1 aromatic heterocycles. The zero-order chi connectivity index (χ0) is 17.6. The minimum atomic E-state index is -0.214. The number of pyridine rings is 1. The minimum Gasteiger partial charge on any atom is -0.476 e. The Morgan fingerprint density at radius 3 is 2.92 bits per heavy atom. The summed E-state index contributed by atoms with van der Waals surface area (Å²) in [5.74, 6) is 1.85. The summed E-state index contributed by atoms with van der Waals surface area (Å²) < 4.78 is 16.1. The van der Waals surface area contributed by atoms with E-state index in [1.165, 1.54) is 0 Å². The van der Waals surface area contributed by atoms with E-state index in [4.69, 9.17) is 14.2 Å². The molecule has 1 N–H and O–H groups in total. The molecule has 0 bridgehead atoms. The molecule has 25 heavy (non-hydrogen) atoms. The summed E-state index contributed by atoms with van der Waals surface area (Å²) in [7, 11) is 0. The molecule has 0 atom stereocenters. The van der Waals surface area contributed by atoms with Crippen LogP contribution >= 0.6 is 0 Å². The van der Waals surface area contributed by atoms with E-state index in [0.29, 0.717) is 37.0 Å². The molecule has 3 rings (SSSR count). The second kappa shape index (κ2) is 7.74. The number of benzene rings is 1. The van der Waals surface area contributed by atoms with Gasteiger partial charge in [0.2, 0.25) is 12.7 Å². The molecular weight excluding hydrogens is 322 g/mol. The van der Waals surface area contributed by atoms with Gasteiger partial charge in [0.15, 0.2) is 11.5 Å². The highest BCUT2D eigenvalue weighted by Crippen LogP contribution is 2.32. The Morgan fingerprint density at radius 1 is 1.28 bits per heavy atom. The first-order chi connectivity index (χ1) is 12.2. The van der Waals surface area contributed by atoms with E-state index in [-0.39, 0.29) is 12.8 Å². The molecule has 0 radical (unpaired) electrons. The van der Waals surface area contributed by atoms with E-state index in [1.54, 1.807) is 23.2 Å². The zero-order valence-corrected chi connectivity index (χ0v) is 14.3. The number of carbonyl (C=O) groups is 1. The number of anilines is 1. The van der Waals surface area contributed by atoms with Crippen LogP contribution in [0.1, 0.15) is 19.4 Å². The van der Waals surface area contributed by atoms with Gasteiger partial charge >= 0.3 is 6.03 Å². The number of nitrogens with zero attached hydrogens (tertiary/aromatic N) is 2. The molecule has 132 valence electrons. The predicted molar refractivity (Wildman–Crippen MR) is 93.1 cm³/mol. The van der Waals surface area contributed by atoms with E-state index >= 15 is 0 Å². The lowest BCUT2D eigenvalue weighted by Gasteiger charge is -2.22. The standard InChI is InChI=1S/C18H21N3O4/c1-3-21(11-13-7-8-15-16(10-13)25-12-24-15)18(22)20-14-6-5-9-19-17(14)23-4-2/h5-10H,3-4,11-12H2,1-2H3,(H,20,22). The third-order valence-corrected chi connectivity index (χ3v) is 3.77. The number of urea groups is 1. The Bertz CT molecular complexity index is 751. The lowest BCUT2D eigenvalue weighted by atomic mass is 10.2. The summed E-state index contributed by atoms with van der Waals surface area (Å²) in [6.45, 7) is 5.54. The highest BCUT2D eigenvalue weighted by Gasteiger charge is 2.18. The third-order valence-electron chi connectivity index (χ3n) is 3.77. The van der Waals surface area contributed by atoms with Crippen LogP contribution in [-0.4, -0.2) is 35.9 Å². The van der Waals surface area contributed by atoms with Crippen LogP contribution in [0.25, 0.3) is 0 Å². The number of ether oxygens (including phenoxy) is 3. The Labute approximate surface area is 146 Å². The molecule has 2 aromatic rings. The largest absolute Gasteiger partial charge is 0.476 e. The van der Waals surface area contributed by atoms with Crippen molar-refractivity contribution < 1.29 is 19.0 Å². The molecule has 7 nitrogen and oxygen atoms in total. The van der Waals surface area contributed by atoms with E-state index < -0.39 is 0 Å². The number of fused-ring (bicyclic) bond motifs is 1. The van der Waals surface area contributed by atoms with Gasteiger partial charge in [-0.2, -0.15) is 0 Å². The second-order valence-corrected chi connectivity index (χ2v) is 5.42. The Balaban J connectivity index is 1.69. The number of rotatable bonds is 6. The fourth-order valence-electron chi connectivity index (χ4n) is 2.52. The van der Waals surface area contributed by atoms with E-state index in [0.717, 1.165) is 11.3 Å². The molecule has 0 unspecified atom stereocenters. The summed E-state index contributed by atoms with van der Waals surface area (Å²) in [5.41, 5.74) is 1.52.